The number of hydrogen-bond acceptors (Lipinski definition) is 3. The number of carbonyl (C=O) groups excluding carboxylic acids is 1. The Bertz CT molecular complexity index is 702. The maximum atomic E-state index is 12.4. The van der Waals surface area contributed by atoms with E-state index in [4.69, 9.17) is 23.2 Å². The molecule has 0 unspecified atom stereocenters. The Kier molecular flexibility index (Phi) is 7.40. The molecule has 1 amide bonds. The third-order valence-corrected chi connectivity index (χ3v) is 6.29. The number of rotatable bonds is 5. The van der Waals surface area contributed by atoms with Gasteiger partial charge in [0.15, 0.2) is 0 Å². The van der Waals surface area contributed by atoms with Crippen molar-refractivity contribution in [2.24, 2.45) is 0 Å². The first-order chi connectivity index (χ1) is 11.8. The first kappa shape index (κ1) is 20.3. The number of carbonyl (C=O) groups is 1. The summed E-state index contributed by atoms with van der Waals surface area (Å²) in [6.07, 6.45) is 8.69. The van der Waals surface area contributed by atoms with Crippen LogP contribution >= 0.6 is 23.2 Å². The van der Waals surface area contributed by atoms with E-state index in [0.29, 0.717) is 0 Å². The molecule has 1 N–H and O–H groups in total. The molecule has 1 aliphatic rings. The van der Waals surface area contributed by atoms with Gasteiger partial charge in [-0.2, -0.15) is 0 Å². The predicted octanol–water partition coefficient (Wildman–Crippen LogP) is 3.99. The van der Waals surface area contributed by atoms with Crippen molar-refractivity contribution in [3.05, 3.63) is 28.2 Å². The lowest BCUT2D eigenvalue weighted by molar-refractivity contribution is -0.120. The van der Waals surface area contributed by atoms with Crippen LogP contribution in [0.3, 0.4) is 0 Å². The molecular weight excluding hydrogens is 383 g/mol. The highest BCUT2D eigenvalue weighted by Crippen LogP contribution is 2.33. The second kappa shape index (κ2) is 9.10. The molecule has 0 bridgehead atoms. The molecule has 0 aromatic heterocycles. The van der Waals surface area contributed by atoms with Crippen LogP contribution in [0.1, 0.15) is 44.9 Å². The SMILES string of the molecule is CS(=O)(=O)N(CC(=O)NC1CCCCCCC1)c1cccc(Cl)c1Cl. The van der Waals surface area contributed by atoms with Gasteiger partial charge in [-0.25, -0.2) is 8.42 Å². The third-order valence-electron chi connectivity index (χ3n) is 4.36. The van der Waals surface area contributed by atoms with Crippen LogP contribution in [0.25, 0.3) is 0 Å². The Balaban J connectivity index is 2.11. The molecule has 1 saturated carbocycles. The van der Waals surface area contributed by atoms with E-state index in [1.807, 2.05) is 0 Å². The van der Waals surface area contributed by atoms with E-state index < -0.39 is 10.0 Å². The molecule has 0 spiro atoms. The van der Waals surface area contributed by atoms with Gasteiger partial charge in [-0.05, 0) is 25.0 Å². The second-order valence-corrected chi connectivity index (χ2v) is 9.14. The highest BCUT2D eigenvalue weighted by Gasteiger charge is 2.25. The number of nitrogens with zero attached hydrogens (tertiary/aromatic N) is 1. The molecule has 140 valence electrons. The molecule has 8 heteroatoms. The van der Waals surface area contributed by atoms with E-state index in [-0.39, 0.29) is 34.2 Å². The fourth-order valence-corrected chi connectivity index (χ4v) is 4.38. The number of hydrogen-bond donors (Lipinski definition) is 1. The quantitative estimate of drug-likeness (QED) is 0.803. The lowest BCUT2D eigenvalue weighted by Gasteiger charge is -2.26. The summed E-state index contributed by atoms with van der Waals surface area (Å²) in [5.41, 5.74) is 0.212. The predicted molar refractivity (Wildman–Crippen MR) is 103 cm³/mol. The molecule has 2 rings (SSSR count). The third kappa shape index (κ3) is 6.04. The zero-order valence-corrected chi connectivity index (χ0v) is 16.6. The average molecular weight is 407 g/mol. The Morgan fingerprint density at radius 3 is 2.36 bits per heavy atom. The Labute approximate surface area is 159 Å². The molecule has 25 heavy (non-hydrogen) atoms. The maximum Gasteiger partial charge on any atom is 0.240 e. The van der Waals surface area contributed by atoms with E-state index in [0.717, 1.165) is 36.2 Å². The van der Waals surface area contributed by atoms with Crippen LogP contribution in [0.4, 0.5) is 5.69 Å². The molecule has 0 heterocycles. The summed E-state index contributed by atoms with van der Waals surface area (Å²) < 4.78 is 25.3. The van der Waals surface area contributed by atoms with Crippen molar-refractivity contribution in [2.45, 2.75) is 51.0 Å². The monoisotopic (exact) mass is 406 g/mol. The Morgan fingerprint density at radius 2 is 1.76 bits per heavy atom. The van der Waals surface area contributed by atoms with Crippen molar-refractivity contribution in [1.82, 2.24) is 5.32 Å². The lowest BCUT2D eigenvalue weighted by atomic mass is 9.97. The molecule has 0 aliphatic heterocycles. The van der Waals surface area contributed by atoms with Crippen molar-refractivity contribution in [2.75, 3.05) is 17.1 Å². The van der Waals surface area contributed by atoms with E-state index in [9.17, 15) is 13.2 Å². The van der Waals surface area contributed by atoms with Crippen molar-refractivity contribution >= 4 is 44.8 Å². The highest BCUT2D eigenvalue weighted by atomic mass is 35.5. The summed E-state index contributed by atoms with van der Waals surface area (Å²) in [5, 5.41) is 3.33. The van der Waals surface area contributed by atoms with Gasteiger partial charge in [-0.15, -0.1) is 0 Å². The van der Waals surface area contributed by atoms with Crippen LogP contribution < -0.4 is 9.62 Å². The van der Waals surface area contributed by atoms with Gasteiger partial charge >= 0.3 is 0 Å². The zero-order valence-electron chi connectivity index (χ0n) is 14.3. The van der Waals surface area contributed by atoms with Gasteiger partial charge < -0.3 is 5.32 Å². The molecule has 5 nitrogen and oxygen atoms in total. The molecule has 1 fully saturated rings. The number of amides is 1. The molecule has 1 aromatic rings. The van der Waals surface area contributed by atoms with Crippen molar-refractivity contribution in [3.63, 3.8) is 0 Å². The van der Waals surface area contributed by atoms with Gasteiger partial charge in [0.1, 0.15) is 6.54 Å². The summed E-state index contributed by atoms with van der Waals surface area (Å²) >= 11 is 12.1. The van der Waals surface area contributed by atoms with Gasteiger partial charge in [0.25, 0.3) is 0 Å². The van der Waals surface area contributed by atoms with Gasteiger partial charge in [0, 0.05) is 6.04 Å². The topological polar surface area (TPSA) is 66.5 Å². The van der Waals surface area contributed by atoms with E-state index in [1.165, 1.54) is 19.3 Å². The standard InChI is InChI=1S/C17H24Cl2N2O3S/c1-25(23,24)21(15-11-7-10-14(18)17(15)19)12-16(22)20-13-8-5-3-2-4-6-9-13/h7,10-11,13H,2-6,8-9,12H2,1H3,(H,20,22). The molecular formula is C17H24Cl2N2O3S. The van der Waals surface area contributed by atoms with Gasteiger partial charge in [0.2, 0.25) is 15.9 Å². The zero-order chi connectivity index (χ0) is 18.4. The van der Waals surface area contributed by atoms with Gasteiger partial charge in [-0.1, -0.05) is 61.4 Å². The van der Waals surface area contributed by atoms with E-state index in [1.54, 1.807) is 18.2 Å². The fourth-order valence-electron chi connectivity index (χ4n) is 3.07. The number of benzene rings is 1. The average Bonchev–Trinajstić information content (AvgIpc) is 2.49. The summed E-state index contributed by atoms with van der Waals surface area (Å²) in [5.74, 6) is -0.327. The smallest absolute Gasteiger partial charge is 0.240 e. The largest absolute Gasteiger partial charge is 0.352 e. The van der Waals surface area contributed by atoms with Crippen LogP contribution in [-0.2, 0) is 14.8 Å². The van der Waals surface area contributed by atoms with Crippen LogP contribution in [0, 0.1) is 0 Å². The van der Waals surface area contributed by atoms with Crippen molar-refractivity contribution in [3.8, 4) is 0 Å². The number of anilines is 1. The first-order valence-corrected chi connectivity index (χ1v) is 11.1. The highest BCUT2D eigenvalue weighted by molar-refractivity contribution is 7.92. The van der Waals surface area contributed by atoms with Gasteiger partial charge in [-0.3, -0.25) is 9.10 Å². The first-order valence-electron chi connectivity index (χ1n) is 8.50. The minimum absolute atomic E-state index is 0.101. The van der Waals surface area contributed by atoms with Crippen molar-refractivity contribution in [1.29, 1.82) is 0 Å². The van der Waals surface area contributed by atoms with Gasteiger partial charge in [0.05, 0.1) is 22.0 Å². The summed E-state index contributed by atoms with van der Waals surface area (Å²) in [4.78, 5) is 12.4. The molecule has 1 aliphatic carbocycles. The lowest BCUT2D eigenvalue weighted by Crippen LogP contribution is -2.44. The molecule has 0 radical (unpaired) electrons. The maximum absolute atomic E-state index is 12.4. The van der Waals surface area contributed by atoms with Crippen LogP contribution in [0.2, 0.25) is 10.0 Å². The fraction of sp³-hybridized carbons (Fsp3) is 0.588. The Hall–Kier alpha value is -0.980. The van der Waals surface area contributed by atoms with E-state index in [2.05, 4.69) is 5.32 Å². The number of sulfonamides is 1. The second-order valence-electron chi connectivity index (χ2n) is 6.45. The number of halogens is 2. The minimum atomic E-state index is -3.68. The molecule has 1 aromatic carbocycles. The van der Waals surface area contributed by atoms with Crippen molar-refractivity contribution < 1.29 is 13.2 Å². The van der Waals surface area contributed by atoms with E-state index >= 15 is 0 Å². The molecule has 0 saturated heterocycles. The normalized spacial score (nSPS) is 16.8. The summed E-state index contributed by atoms with van der Waals surface area (Å²) in [6.45, 7) is -0.310. The number of nitrogens with one attached hydrogen (secondary N) is 1. The minimum Gasteiger partial charge on any atom is -0.352 e. The summed E-state index contributed by atoms with van der Waals surface area (Å²) in [7, 11) is -3.68. The van der Waals surface area contributed by atoms with Crippen LogP contribution in [0.15, 0.2) is 18.2 Å². The Morgan fingerprint density at radius 1 is 1.16 bits per heavy atom. The summed E-state index contributed by atoms with van der Waals surface area (Å²) in [6, 6.07) is 4.82. The van der Waals surface area contributed by atoms with Crippen LogP contribution in [0.5, 0.6) is 0 Å². The van der Waals surface area contributed by atoms with Crippen LogP contribution in [-0.4, -0.2) is 33.2 Å². The molecule has 0 atom stereocenters.